The number of hydrogen-bond donors (Lipinski definition) is 1. The van der Waals surface area contributed by atoms with Crippen molar-refractivity contribution in [2.75, 3.05) is 18.4 Å². The second-order valence-corrected chi connectivity index (χ2v) is 7.65. The second-order valence-electron chi connectivity index (χ2n) is 7.65. The van der Waals surface area contributed by atoms with Gasteiger partial charge in [0, 0.05) is 25.2 Å². The highest BCUT2D eigenvalue weighted by Gasteiger charge is 2.23. The summed E-state index contributed by atoms with van der Waals surface area (Å²) in [6, 6.07) is 11.0. The van der Waals surface area contributed by atoms with Crippen molar-refractivity contribution in [1.29, 1.82) is 0 Å². The molecule has 0 spiro atoms. The molecule has 3 rings (SSSR count). The first-order valence-corrected chi connectivity index (χ1v) is 10.2. The van der Waals surface area contributed by atoms with Gasteiger partial charge in [-0.15, -0.1) is 0 Å². The van der Waals surface area contributed by atoms with E-state index in [2.05, 4.69) is 11.9 Å². The average molecular weight is 412 g/mol. The number of halogens is 2. The standard InChI is InChI=1S/C24H26F2N2O2/c1-2-23(29)27-21-7-3-17(4-8-21)5-10-24(30)28-13-11-18(12-14-28)15-19-16-20(25)6-9-22(19)26/h2-4,6-9,16,18H,1,5,10-15H2,(H,27,29). The van der Waals surface area contributed by atoms with E-state index >= 15 is 0 Å². The third kappa shape index (κ3) is 5.99. The number of likely N-dealkylation sites (tertiary alicyclic amines) is 1. The highest BCUT2D eigenvalue weighted by Crippen LogP contribution is 2.24. The van der Waals surface area contributed by atoms with Crippen molar-refractivity contribution >= 4 is 17.5 Å². The molecule has 2 aromatic carbocycles. The minimum absolute atomic E-state index is 0.106. The summed E-state index contributed by atoms with van der Waals surface area (Å²) >= 11 is 0. The van der Waals surface area contributed by atoms with Gasteiger partial charge in [-0.25, -0.2) is 8.78 Å². The van der Waals surface area contributed by atoms with Crippen molar-refractivity contribution in [2.24, 2.45) is 5.92 Å². The van der Waals surface area contributed by atoms with Gasteiger partial charge >= 0.3 is 0 Å². The first-order valence-electron chi connectivity index (χ1n) is 10.2. The number of rotatable bonds is 7. The van der Waals surface area contributed by atoms with Gasteiger partial charge in [-0.05, 0) is 79.1 Å². The molecular weight excluding hydrogens is 386 g/mol. The van der Waals surface area contributed by atoms with Crippen LogP contribution in [0.3, 0.4) is 0 Å². The van der Waals surface area contributed by atoms with Gasteiger partial charge in [0.15, 0.2) is 0 Å². The Kier molecular flexibility index (Phi) is 7.33. The number of anilines is 1. The molecule has 0 aliphatic carbocycles. The Morgan fingerprint density at radius 1 is 1.10 bits per heavy atom. The van der Waals surface area contributed by atoms with Crippen LogP contribution in [0.25, 0.3) is 0 Å². The maximum atomic E-state index is 13.8. The summed E-state index contributed by atoms with van der Waals surface area (Å²) in [6.45, 7) is 4.71. The summed E-state index contributed by atoms with van der Waals surface area (Å²) in [5.41, 5.74) is 2.12. The molecule has 1 aliphatic heterocycles. The minimum atomic E-state index is -0.421. The summed E-state index contributed by atoms with van der Waals surface area (Å²) in [6.07, 6.45) is 4.34. The molecule has 0 radical (unpaired) electrons. The van der Waals surface area contributed by atoms with Crippen LogP contribution in [-0.2, 0) is 22.4 Å². The third-order valence-corrected chi connectivity index (χ3v) is 5.52. The Bertz CT molecular complexity index is 904. The van der Waals surface area contributed by atoms with E-state index < -0.39 is 5.82 Å². The van der Waals surface area contributed by atoms with E-state index in [1.165, 1.54) is 18.2 Å². The van der Waals surface area contributed by atoms with E-state index in [0.29, 0.717) is 43.6 Å². The first kappa shape index (κ1) is 21.7. The van der Waals surface area contributed by atoms with Crippen LogP contribution in [0.2, 0.25) is 0 Å². The number of piperidine rings is 1. The van der Waals surface area contributed by atoms with Crippen LogP contribution >= 0.6 is 0 Å². The number of benzene rings is 2. The van der Waals surface area contributed by atoms with E-state index in [1.54, 1.807) is 12.1 Å². The van der Waals surface area contributed by atoms with E-state index in [-0.39, 0.29) is 23.5 Å². The SMILES string of the molecule is C=CC(=O)Nc1ccc(CCC(=O)N2CCC(Cc3cc(F)ccc3F)CC2)cc1. The van der Waals surface area contributed by atoms with Crippen LogP contribution in [0.1, 0.15) is 30.4 Å². The molecule has 158 valence electrons. The van der Waals surface area contributed by atoms with Crippen molar-refractivity contribution < 1.29 is 18.4 Å². The number of nitrogens with zero attached hydrogens (tertiary/aromatic N) is 1. The molecule has 1 fully saturated rings. The van der Waals surface area contributed by atoms with Crippen molar-refractivity contribution in [3.05, 3.63) is 77.9 Å². The number of hydrogen-bond acceptors (Lipinski definition) is 2. The van der Waals surface area contributed by atoms with E-state index in [1.807, 2.05) is 17.0 Å². The molecule has 0 atom stereocenters. The zero-order valence-corrected chi connectivity index (χ0v) is 16.9. The van der Waals surface area contributed by atoms with Crippen LogP contribution in [0.4, 0.5) is 14.5 Å². The Labute approximate surface area is 175 Å². The molecule has 2 amide bonds. The Morgan fingerprint density at radius 3 is 2.47 bits per heavy atom. The van der Waals surface area contributed by atoms with Crippen LogP contribution in [0.5, 0.6) is 0 Å². The highest BCUT2D eigenvalue weighted by atomic mass is 19.1. The van der Waals surface area contributed by atoms with Gasteiger partial charge in [0.25, 0.3) is 0 Å². The molecule has 30 heavy (non-hydrogen) atoms. The maximum Gasteiger partial charge on any atom is 0.247 e. The zero-order valence-electron chi connectivity index (χ0n) is 16.9. The molecule has 0 bridgehead atoms. The smallest absolute Gasteiger partial charge is 0.247 e. The molecule has 6 heteroatoms. The van der Waals surface area contributed by atoms with Gasteiger partial charge in [0.05, 0.1) is 0 Å². The predicted octanol–water partition coefficient (Wildman–Crippen LogP) is 4.50. The molecule has 4 nitrogen and oxygen atoms in total. The molecule has 1 aliphatic rings. The van der Waals surface area contributed by atoms with Gasteiger partial charge in [0.1, 0.15) is 11.6 Å². The lowest BCUT2D eigenvalue weighted by molar-refractivity contribution is -0.132. The number of aryl methyl sites for hydroxylation is 1. The van der Waals surface area contributed by atoms with Gasteiger partial charge in [-0.2, -0.15) is 0 Å². The Morgan fingerprint density at radius 2 is 1.80 bits per heavy atom. The molecular formula is C24H26F2N2O2. The lowest BCUT2D eigenvalue weighted by Crippen LogP contribution is -2.39. The number of amides is 2. The van der Waals surface area contributed by atoms with Crippen molar-refractivity contribution in [1.82, 2.24) is 4.90 Å². The van der Waals surface area contributed by atoms with Crippen molar-refractivity contribution in [3.8, 4) is 0 Å². The number of nitrogens with one attached hydrogen (secondary N) is 1. The molecule has 1 heterocycles. The highest BCUT2D eigenvalue weighted by molar-refractivity contribution is 5.98. The topological polar surface area (TPSA) is 49.4 Å². The van der Waals surface area contributed by atoms with Crippen LogP contribution in [-0.4, -0.2) is 29.8 Å². The van der Waals surface area contributed by atoms with Crippen LogP contribution < -0.4 is 5.32 Å². The molecule has 0 unspecified atom stereocenters. The molecule has 2 aromatic rings. The minimum Gasteiger partial charge on any atom is -0.343 e. The largest absolute Gasteiger partial charge is 0.343 e. The maximum absolute atomic E-state index is 13.8. The quantitative estimate of drug-likeness (QED) is 0.681. The van der Waals surface area contributed by atoms with Gasteiger partial charge in [-0.1, -0.05) is 18.7 Å². The van der Waals surface area contributed by atoms with E-state index in [4.69, 9.17) is 0 Å². The lowest BCUT2D eigenvalue weighted by atomic mass is 9.89. The Balaban J connectivity index is 1.43. The fourth-order valence-corrected chi connectivity index (χ4v) is 3.75. The normalized spacial score (nSPS) is 14.4. The fourth-order valence-electron chi connectivity index (χ4n) is 3.75. The van der Waals surface area contributed by atoms with Gasteiger partial charge in [0.2, 0.25) is 11.8 Å². The Hall–Kier alpha value is -3.02. The molecule has 1 N–H and O–H groups in total. The average Bonchev–Trinajstić information content (AvgIpc) is 2.76. The zero-order chi connectivity index (χ0) is 21.5. The number of carbonyl (C=O) groups is 2. The predicted molar refractivity (Wildman–Crippen MR) is 113 cm³/mol. The third-order valence-electron chi connectivity index (χ3n) is 5.52. The van der Waals surface area contributed by atoms with Crippen LogP contribution in [0, 0.1) is 17.6 Å². The van der Waals surface area contributed by atoms with E-state index in [9.17, 15) is 18.4 Å². The molecule has 1 saturated heterocycles. The van der Waals surface area contributed by atoms with Crippen molar-refractivity contribution in [3.63, 3.8) is 0 Å². The van der Waals surface area contributed by atoms with Gasteiger partial charge in [-0.3, -0.25) is 9.59 Å². The summed E-state index contributed by atoms with van der Waals surface area (Å²) in [5.74, 6) is -0.695. The fraction of sp³-hybridized carbons (Fsp3) is 0.333. The summed E-state index contributed by atoms with van der Waals surface area (Å²) in [4.78, 5) is 25.7. The molecule has 0 aromatic heterocycles. The first-order chi connectivity index (χ1) is 14.4. The van der Waals surface area contributed by atoms with Crippen molar-refractivity contribution in [2.45, 2.75) is 32.1 Å². The molecule has 0 saturated carbocycles. The monoisotopic (exact) mass is 412 g/mol. The van der Waals surface area contributed by atoms with E-state index in [0.717, 1.165) is 24.5 Å². The second kappa shape index (κ2) is 10.1. The summed E-state index contributed by atoms with van der Waals surface area (Å²) < 4.78 is 27.2. The number of carbonyl (C=O) groups excluding carboxylic acids is 2. The summed E-state index contributed by atoms with van der Waals surface area (Å²) in [5, 5.41) is 2.69. The summed E-state index contributed by atoms with van der Waals surface area (Å²) in [7, 11) is 0. The van der Waals surface area contributed by atoms with Gasteiger partial charge < -0.3 is 10.2 Å². The lowest BCUT2D eigenvalue weighted by Gasteiger charge is -2.32. The van der Waals surface area contributed by atoms with Crippen LogP contribution in [0.15, 0.2) is 55.1 Å².